The number of hydrogen-bond acceptors (Lipinski definition) is 3. The van der Waals surface area contributed by atoms with Crippen molar-refractivity contribution in [2.75, 3.05) is 26.3 Å². The predicted molar refractivity (Wildman–Crippen MR) is 59.4 cm³/mol. The largest absolute Gasteiger partial charge is 0.377 e. The molecule has 0 bridgehead atoms. The number of hydrogen-bond donors (Lipinski definition) is 1. The molecule has 2 atom stereocenters. The zero-order valence-corrected chi connectivity index (χ0v) is 9.74. The normalized spacial score (nSPS) is 23.9. The van der Waals surface area contributed by atoms with Crippen LogP contribution in [0.4, 0.5) is 0 Å². The second-order valence-electron chi connectivity index (χ2n) is 4.27. The number of amides is 1. The molecular weight excluding hydrogens is 192 g/mol. The van der Waals surface area contributed by atoms with Gasteiger partial charge in [0, 0.05) is 13.0 Å². The molecule has 1 saturated heterocycles. The fraction of sp³-hybridized carbons (Fsp3) is 0.909. The van der Waals surface area contributed by atoms with Gasteiger partial charge in [0.1, 0.15) is 0 Å². The van der Waals surface area contributed by atoms with Crippen molar-refractivity contribution in [1.29, 1.82) is 0 Å². The fourth-order valence-corrected chi connectivity index (χ4v) is 1.82. The highest BCUT2D eigenvalue weighted by atomic mass is 16.5. The Morgan fingerprint density at radius 3 is 3.00 bits per heavy atom. The first-order valence-corrected chi connectivity index (χ1v) is 5.76. The van der Waals surface area contributed by atoms with Crippen LogP contribution in [0, 0.1) is 5.92 Å². The third kappa shape index (κ3) is 3.47. The van der Waals surface area contributed by atoms with E-state index in [0.29, 0.717) is 26.2 Å². The van der Waals surface area contributed by atoms with E-state index in [1.165, 1.54) is 0 Å². The van der Waals surface area contributed by atoms with E-state index in [2.05, 4.69) is 6.92 Å². The molecule has 0 aromatic heterocycles. The average molecular weight is 214 g/mol. The van der Waals surface area contributed by atoms with E-state index in [1.54, 1.807) is 0 Å². The van der Waals surface area contributed by atoms with E-state index in [9.17, 15) is 4.79 Å². The smallest absolute Gasteiger partial charge is 0.223 e. The van der Waals surface area contributed by atoms with Crippen molar-refractivity contribution in [1.82, 2.24) is 4.90 Å². The van der Waals surface area contributed by atoms with Gasteiger partial charge in [-0.15, -0.1) is 0 Å². The molecular formula is C11H22N2O2. The summed E-state index contributed by atoms with van der Waals surface area (Å²) in [6.07, 6.45) is 1.52. The van der Waals surface area contributed by atoms with Crippen LogP contribution < -0.4 is 5.73 Å². The van der Waals surface area contributed by atoms with Gasteiger partial charge in [-0.1, -0.05) is 13.8 Å². The summed E-state index contributed by atoms with van der Waals surface area (Å²) in [6.45, 7) is 6.76. The third-order valence-electron chi connectivity index (χ3n) is 2.94. The number of morpholine rings is 1. The van der Waals surface area contributed by atoms with Gasteiger partial charge in [-0.2, -0.15) is 0 Å². The fourth-order valence-electron chi connectivity index (χ4n) is 1.82. The maximum atomic E-state index is 12.0. The molecule has 88 valence electrons. The van der Waals surface area contributed by atoms with Gasteiger partial charge in [-0.05, 0) is 18.9 Å². The van der Waals surface area contributed by atoms with Crippen LogP contribution in [0.2, 0.25) is 0 Å². The van der Waals surface area contributed by atoms with E-state index in [0.717, 1.165) is 13.0 Å². The topological polar surface area (TPSA) is 55.6 Å². The van der Waals surface area contributed by atoms with E-state index >= 15 is 0 Å². The summed E-state index contributed by atoms with van der Waals surface area (Å²) in [5.41, 5.74) is 5.52. The molecule has 15 heavy (non-hydrogen) atoms. The second-order valence-corrected chi connectivity index (χ2v) is 4.27. The summed E-state index contributed by atoms with van der Waals surface area (Å²) in [7, 11) is 0. The summed E-state index contributed by atoms with van der Waals surface area (Å²) >= 11 is 0. The standard InChI is InChI=1S/C11H22N2O2/c1-3-10-8-15-5-4-13(10)11(14)6-9(2)7-12/h9-10H,3-8,12H2,1-2H3. The quantitative estimate of drug-likeness (QED) is 0.746. The molecule has 0 saturated carbocycles. The van der Waals surface area contributed by atoms with Crippen molar-refractivity contribution in [3.8, 4) is 0 Å². The van der Waals surface area contributed by atoms with Gasteiger partial charge >= 0.3 is 0 Å². The average Bonchev–Trinajstić information content (AvgIpc) is 2.28. The lowest BCUT2D eigenvalue weighted by Gasteiger charge is -2.35. The first kappa shape index (κ1) is 12.5. The van der Waals surface area contributed by atoms with Crippen LogP contribution in [0.1, 0.15) is 26.7 Å². The lowest BCUT2D eigenvalue weighted by molar-refractivity contribution is -0.140. The van der Waals surface area contributed by atoms with Gasteiger partial charge in [0.05, 0.1) is 19.3 Å². The first-order chi connectivity index (χ1) is 7.19. The number of nitrogens with zero attached hydrogens (tertiary/aromatic N) is 1. The monoisotopic (exact) mass is 214 g/mol. The summed E-state index contributed by atoms with van der Waals surface area (Å²) < 4.78 is 5.37. The van der Waals surface area contributed by atoms with E-state index < -0.39 is 0 Å². The molecule has 1 fully saturated rings. The first-order valence-electron chi connectivity index (χ1n) is 5.76. The Morgan fingerprint density at radius 1 is 1.67 bits per heavy atom. The number of rotatable bonds is 4. The second kappa shape index (κ2) is 6.08. The third-order valence-corrected chi connectivity index (χ3v) is 2.94. The Balaban J connectivity index is 2.48. The molecule has 2 unspecified atom stereocenters. The molecule has 4 nitrogen and oxygen atoms in total. The summed E-state index contributed by atoms with van der Waals surface area (Å²) in [5.74, 6) is 0.501. The van der Waals surface area contributed by atoms with Crippen molar-refractivity contribution in [3.63, 3.8) is 0 Å². The molecule has 0 radical (unpaired) electrons. The summed E-state index contributed by atoms with van der Waals surface area (Å²) in [6, 6.07) is 0.260. The number of carbonyl (C=O) groups excluding carboxylic acids is 1. The molecule has 4 heteroatoms. The molecule has 1 aliphatic rings. The van der Waals surface area contributed by atoms with Gasteiger partial charge in [0.25, 0.3) is 0 Å². The van der Waals surface area contributed by atoms with Crippen molar-refractivity contribution in [3.05, 3.63) is 0 Å². The van der Waals surface area contributed by atoms with Gasteiger partial charge < -0.3 is 15.4 Å². The maximum Gasteiger partial charge on any atom is 0.223 e. The van der Waals surface area contributed by atoms with Gasteiger partial charge in [-0.3, -0.25) is 4.79 Å². The van der Waals surface area contributed by atoms with Crippen LogP contribution >= 0.6 is 0 Å². The summed E-state index contributed by atoms with van der Waals surface area (Å²) in [5, 5.41) is 0. The predicted octanol–water partition coefficient (Wildman–Crippen LogP) is 0.609. The molecule has 0 aromatic rings. The number of nitrogens with two attached hydrogens (primary N) is 1. The van der Waals surface area contributed by atoms with Crippen molar-refractivity contribution in [2.45, 2.75) is 32.7 Å². The van der Waals surface area contributed by atoms with Crippen molar-refractivity contribution >= 4 is 5.91 Å². The van der Waals surface area contributed by atoms with Crippen LogP contribution in [-0.2, 0) is 9.53 Å². The molecule has 0 spiro atoms. The minimum atomic E-state index is 0.225. The zero-order chi connectivity index (χ0) is 11.3. The summed E-state index contributed by atoms with van der Waals surface area (Å²) in [4.78, 5) is 13.9. The van der Waals surface area contributed by atoms with Crippen LogP contribution in [0.25, 0.3) is 0 Å². The number of ether oxygens (including phenoxy) is 1. The Kier molecular flexibility index (Phi) is 5.05. The van der Waals surface area contributed by atoms with Crippen LogP contribution in [-0.4, -0.2) is 43.2 Å². The van der Waals surface area contributed by atoms with Crippen LogP contribution in [0.3, 0.4) is 0 Å². The Hall–Kier alpha value is -0.610. The molecule has 1 amide bonds. The van der Waals surface area contributed by atoms with Gasteiger partial charge in [-0.25, -0.2) is 0 Å². The lowest BCUT2D eigenvalue weighted by atomic mass is 10.1. The van der Waals surface area contributed by atoms with E-state index in [1.807, 2.05) is 11.8 Å². The van der Waals surface area contributed by atoms with E-state index in [4.69, 9.17) is 10.5 Å². The minimum Gasteiger partial charge on any atom is -0.377 e. The Labute approximate surface area is 91.8 Å². The highest BCUT2D eigenvalue weighted by Crippen LogP contribution is 2.13. The SMILES string of the molecule is CCC1COCCN1C(=O)CC(C)CN. The highest BCUT2D eigenvalue weighted by molar-refractivity contribution is 5.76. The Morgan fingerprint density at radius 2 is 2.40 bits per heavy atom. The molecule has 1 aliphatic heterocycles. The molecule has 1 rings (SSSR count). The maximum absolute atomic E-state index is 12.0. The van der Waals surface area contributed by atoms with Crippen LogP contribution in [0.15, 0.2) is 0 Å². The van der Waals surface area contributed by atoms with Gasteiger partial charge in [0.15, 0.2) is 0 Å². The highest BCUT2D eigenvalue weighted by Gasteiger charge is 2.26. The van der Waals surface area contributed by atoms with Crippen molar-refractivity contribution in [2.24, 2.45) is 11.7 Å². The molecule has 2 N–H and O–H groups in total. The van der Waals surface area contributed by atoms with Crippen molar-refractivity contribution < 1.29 is 9.53 Å². The molecule has 1 heterocycles. The Bertz CT molecular complexity index is 209. The van der Waals surface area contributed by atoms with Gasteiger partial charge in [0.2, 0.25) is 5.91 Å². The minimum absolute atomic E-state index is 0.225. The number of carbonyl (C=O) groups is 1. The molecule has 0 aromatic carbocycles. The lowest BCUT2D eigenvalue weighted by Crippen LogP contribution is -2.48. The molecule has 0 aliphatic carbocycles. The van der Waals surface area contributed by atoms with Crippen LogP contribution in [0.5, 0.6) is 0 Å². The zero-order valence-electron chi connectivity index (χ0n) is 9.74. The van der Waals surface area contributed by atoms with E-state index in [-0.39, 0.29) is 17.9 Å².